The fraction of sp³-hybridized carbons (Fsp3) is 0.667. The largest absolute Gasteiger partial charge is 0.477 e. The van der Waals surface area contributed by atoms with Gasteiger partial charge < -0.3 is 20.4 Å². The molecule has 0 bridgehead atoms. The standard InChI is InChI=1S/C21H31ClO5S/c1-2-3-7-17(23)18(24)10-9-15-14(16(22)12-19(15)25)6-4-5-13-8-11-20(28-13)21(26)27/h8-11,14-19,23-25H,2-7,12H2,1H3,(H,26,27)/t14-,15+,16+,17?,18-,19-/m1/s1. The van der Waals surface area contributed by atoms with Crippen molar-refractivity contribution in [2.75, 3.05) is 0 Å². The van der Waals surface area contributed by atoms with Gasteiger partial charge in [0, 0.05) is 16.2 Å². The summed E-state index contributed by atoms with van der Waals surface area (Å²) in [7, 11) is 0. The summed E-state index contributed by atoms with van der Waals surface area (Å²) in [4.78, 5) is 12.3. The number of carboxylic acid groups (broad SMARTS) is 1. The van der Waals surface area contributed by atoms with Gasteiger partial charge in [-0.1, -0.05) is 31.9 Å². The summed E-state index contributed by atoms with van der Waals surface area (Å²) < 4.78 is 0. The van der Waals surface area contributed by atoms with Crippen LogP contribution in [0.2, 0.25) is 0 Å². The average molecular weight is 431 g/mol. The maximum atomic E-state index is 11.0. The van der Waals surface area contributed by atoms with Crippen molar-refractivity contribution in [3.63, 3.8) is 0 Å². The van der Waals surface area contributed by atoms with Gasteiger partial charge in [0.2, 0.25) is 0 Å². The molecule has 158 valence electrons. The van der Waals surface area contributed by atoms with Crippen molar-refractivity contribution < 1.29 is 25.2 Å². The van der Waals surface area contributed by atoms with Gasteiger partial charge in [0.15, 0.2) is 0 Å². The van der Waals surface area contributed by atoms with Crippen LogP contribution in [0.4, 0.5) is 0 Å². The second-order valence-corrected chi connectivity index (χ2v) is 9.34. The van der Waals surface area contributed by atoms with Crippen molar-refractivity contribution in [3.05, 3.63) is 34.0 Å². The Balaban J connectivity index is 1.89. The fourth-order valence-corrected chi connectivity index (χ4v) is 5.19. The molecule has 1 aliphatic carbocycles. The molecule has 1 aromatic heterocycles. The number of hydrogen-bond acceptors (Lipinski definition) is 5. The molecule has 0 amide bonds. The predicted molar refractivity (Wildman–Crippen MR) is 112 cm³/mol. The van der Waals surface area contributed by atoms with E-state index in [1.807, 2.05) is 19.1 Å². The van der Waals surface area contributed by atoms with Crippen molar-refractivity contribution in [1.82, 2.24) is 0 Å². The summed E-state index contributed by atoms with van der Waals surface area (Å²) >= 11 is 7.75. The number of thiophene rings is 1. The van der Waals surface area contributed by atoms with Gasteiger partial charge in [-0.2, -0.15) is 0 Å². The van der Waals surface area contributed by atoms with E-state index in [9.17, 15) is 20.1 Å². The van der Waals surface area contributed by atoms with Crippen LogP contribution in [0.25, 0.3) is 0 Å². The van der Waals surface area contributed by atoms with E-state index < -0.39 is 24.3 Å². The van der Waals surface area contributed by atoms with Gasteiger partial charge in [-0.3, -0.25) is 0 Å². The van der Waals surface area contributed by atoms with E-state index in [-0.39, 0.29) is 17.2 Å². The zero-order chi connectivity index (χ0) is 20.7. The lowest BCUT2D eigenvalue weighted by Crippen LogP contribution is -2.25. The molecule has 0 saturated heterocycles. The number of hydrogen-bond donors (Lipinski definition) is 4. The van der Waals surface area contributed by atoms with Gasteiger partial charge in [-0.25, -0.2) is 4.79 Å². The van der Waals surface area contributed by atoms with Crippen LogP contribution in [0.1, 0.15) is 60.0 Å². The van der Waals surface area contributed by atoms with Crippen LogP contribution in [-0.4, -0.2) is 50.1 Å². The number of carboxylic acids is 1. The third-order valence-electron chi connectivity index (χ3n) is 5.48. The second-order valence-electron chi connectivity index (χ2n) is 7.61. The topological polar surface area (TPSA) is 98.0 Å². The molecule has 1 aromatic rings. The molecule has 0 radical (unpaired) electrons. The number of aromatic carboxylic acids is 1. The summed E-state index contributed by atoms with van der Waals surface area (Å²) in [5, 5.41) is 39.3. The minimum Gasteiger partial charge on any atom is -0.477 e. The fourth-order valence-electron chi connectivity index (χ4n) is 3.83. The van der Waals surface area contributed by atoms with Crippen LogP contribution in [0.15, 0.2) is 24.3 Å². The van der Waals surface area contributed by atoms with E-state index in [2.05, 4.69) is 0 Å². The van der Waals surface area contributed by atoms with Crippen LogP contribution in [-0.2, 0) is 6.42 Å². The van der Waals surface area contributed by atoms with E-state index >= 15 is 0 Å². The van der Waals surface area contributed by atoms with Crippen molar-refractivity contribution in [3.8, 4) is 0 Å². The molecule has 1 aliphatic rings. The minimum atomic E-state index is -0.936. The smallest absolute Gasteiger partial charge is 0.345 e. The van der Waals surface area contributed by atoms with Gasteiger partial charge in [0.1, 0.15) is 4.88 Å². The Hall–Kier alpha value is -0.920. The third kappa shape index (κ3) is 6.56. The Bertz CT molecular complexity index is 646. The van der Waals surface area contributed by atoms with E-state index in [1.54, 1.807) is 12.1 Å². The SMILES string of the molecule is CCCCC(O)[C@H](O)C=C[C@H]1[C@@H](CCCc2ccc(C(=O)O)s2)[C@@H](Cl)C[C@H]1O. The van der Waals surface area contributed by atoms with Crippen LogP contribution in [0.3, 0.4) is 0 Å². The molecule has 7 heteroatoms. The first-order chi connectivity index (χ1) is 13.3. The van der Waals surface area contributed by atoms with Gasteiger partial charge in [0.25, 0.3) is 0 Å². The number of aliphatic hydroxyl groups is 3. The van der Waals surface area contributed by atoms with E-state index in [0.717, 1.165) is 37.0 Å². The number of rotatable bonds is 11. The Kier molecular flexibility index (Phi) is 9.44. The van der Waals surface area contributed by atoms with Crippen molar-refractivity contribution in [1.29, 1.82) is 0 Å². The van der Waals surface area contributed by atoms with Crippen molar-refractivity contribution >= 4 is 28.9 Å². The minimum absolute atomic E-state index is 0.0896. The first-order valence-corrected chi connectivity index (χ1v) is 11.3. The van der Waals surface area contributed by atoms with Crippen LogP contribution in [0, 0.1) is 11.8 Å². The molecule has 1 fully saturated rings. The number of alkyl halides is 1. The number of aryl methyl sites for hydroxylation is 1. The molecule has 6 atom stereocenters. The summed E-state index contributed by atoms with van der Waals surface area (Å²) in [5.41, 5.74) is 0. The molecule has 5 nitrogen and oxygen atoms in total. The number of halogens is 1. The van der Waals surface area contributed by atoms with Gasteiger partial charge in [-0.15, -0.1) is 22.9 Å². The Morgan fingerprint density at radius 3 is 2.75 bits per heavy atom. The van der Waals surface area contributed by atoms with Crippen molar-refractivity contribution in [2.24, 2.45) is 11.8 Å². The Morgan fingerprint density at radius 1 is 1.36 bits per heavy atom. The summed E-state index contributed by atoms with van der Waals surface area (Å²) in [5.74, 6) is -0.957. The normalized spacial score (nSPS) is 27.3. The molecule has 0 aromatic carbocycles. The highest BCUT2D eigenvalue weighted by Gasteiger charge is 2.39. The van der Waals surface area contributed by atoms with Crippen LogP contribution < -0.4 is 0 Å². The quantitative estimate of drug-likeness (QED) is 0.316. The molecule has 1 heterocycles. The number of carbonyl (C=O) groups is 1. The number of aliphatic hydroxyl groups excluding tert-OH is 3. The molecular formula is C21H31ClO5S. The second kappa shape index (κ2) is 11.3. The average Bonchev–Trinajstić information content (AvgIpc) is 3.23. The summed E-state index contributed by atoms with van der Waals surface area (Å²) in [6.07, 6.45) is 6.46. The van der Waals surface area contributed by atoms with Crippen LogP contribution in [0.5, 0.6) is 0 Å². The molecule has 0 aliphatic heterocycles. The molecule has 28 heavy (non-hydrogen) atoms. The maximum Gasteiger partial charge on any atom is 0.345 e. The molecule has 4 N–H and O–H groups in total. The van der Waals surface area contributed by atoms with Gasteiger partial charge in [-0.05, 0) is 50.2 Å². The zero-order valence-corrected chi connectivity index (χ0v) is 17.8. The molecule has 0 spiro atoms. The Morgan fingerprint density at radius 2 is 2.11 bits per heavy atom. The zero-order valence-electron chi connectivity index (χ0n) is 16.2. The van der Waals surface area contributed by atoms with Gasteiger partial charge >= 0.3 is 5.97 Å². The lowest BCUT2D eigenvalue weighted by molar-refractivity contribution is 0.0409. The highest BCUT2D eigenvalue weighted by Crippen LogP contribution is 2.40. The molecular weight excluding hydrogens is 400 g/mol. The van der Waals surface area contributed by atoms with E-state index in [1.165, 1.54) is 11.3 Å². The van der Waals surface area contributed by atoms with Crippen LogP contribution >= 0.6 is 22.9 Å². The lowest BCUT2D eigenvalue weighted by Gasteiger charge is -2.21. The highest BCUT2D eigenvalue weighted by atomic mass is 35.5. The third-order valence-corrected chi connectivity index (χ3v) is 7.12. The first kappa shape index (κ1) is 23.4. The Labute approximate surface area is 175 Å². The highest BCUT2D eigenvalue weighted by molar-refractivity contribution is 7.13. The molecule has 1 saturated carbocycles. The summed E-state index contributed by atoms with van der Waals surface area (Å²) in [6, 6.07) is 3.48. The van der Waals surface area contributed by atoms with Gasteiger partial charge in [0.05, 0.1) is 18.3 Å². The van der Waals surface area contributed by atoms with E-state index in [4.69, 9.17) is 16.7 Å². The first-order valence-electron chi connectivity index (χ1n) is 10.0. The monoisotopic (exact) mass is 430 g/mol. The predicted octanol–water partition coefficient (Wildman–Crippen LogP) is 3.84. The molecule has 1 unspecified atom stereocenters. The van der Waals surface area contributed by atoms with E-state index in [0.29, 0.717) is 17.7 Å². The summed E-state index contributed by atoms with van der Waals surface area (Å²) in [6.45, 7) is 2.04. The maximum absolute atomic E-state index is 11.0. The lowest BCUT2D eigenvalue weighted by atomic mass is 9.88. The molecule has 2 rings (SSSR count). The van der Waals surface area contributed by atoms with Crippen molar-refractivity contribution in [2.45, 2.75) is 75.6 Å². The number of unbranched alkanes of at least 4 members (excludes halogenated alkanes) is 1.